The van der Waals surface area contributed by atoms with Crippen LogP contribution >= 0.6 is 10.2 Å². The maximum Gasteiger partial charge on any atom is 0.310 e. The molecule has 2 aliphatic rings. The van der Waals surface area contributed by atoms with Gasteiger partial charge in [0.05, 0.1) is 25.3 Å². The van der Waals surface area contributed by atoms with Crippen molar-refractivity contribution in [3.05, 3.63) is 48.3 Å². The van der Waals surface area contributed by atoms with Crippen LogP contribution in [0.1, 0.15) is 50.6 Å². The number of ether oxygens (including phenoxy) is 1. The van der Waals surface area contributed by atoms with E-state index in [9.17, 15) is 42.9 Å². The summed E-state index contributed by atoms with van der Waals surface area (Å²) >= 11 is 0. The number of likely N-dealkylation sites (tertiary alicyclic amines) is 1. The predicted molar refractivity (Wildman–Crippen MR) is 153 cm³/mol. The van der Waals surface area contributed by atoms with Crippen molar-refractivity contribution >= 4 is 28.1 Å². The monoisotopic (exact) mass is 669 g/mol. The molecule has 1 aliphatic carbocycles. The van der Waals surface area contributed by atoms with Gasteiger partial charge >= 0.3 is 10.2 Å². The summed E-state index contributed by atoms with van der Waals surface area (Å²) in [5.74, 6) is -3.17. The number of carbonyl (C=O) groups is 2. The van der Waals surface area contributed by atoms with E-state index in [2.05, 4.69) is 10.3 Å². The summed E-state index contributed by atoms with van der Waals surface area (Å²) < 4.78 is 97.7. The van der Waals surface area contributed by atoms with Gasteiger partial charge in [0.2, 0.25) is 11.8 Å². The van der Waals surface area contributed by atoms with Crippen molar-refractivity contribution in [3.63, 3.8) is 0 Å². The lowest BCUT2D eigenvalue weighted by Gasteiger charge is -2.40. The van der Waals surface area contributed by atoms with Crippen LogP contribution in [0.4, 0.5) is 33.9 Å². The Balaban J connectivity index is 0.000000423. The first-order valence-electron chi connectivity index (χ1n) is 13.7. The van der Waals surface area contributed by atoms with Crippen molar-refractivity contribution in [2.24, 2.45) is 0 Å². The average molecular weight is 670 g/mol. The molecule has 3 atom stereocenters. The number of hydrogen-bond acceptors (Lipinski definition) is 8. The van der Waals surface area contributed by atoms with Crippen LogP contribution in [0.25, 0.3) is 0 Å². The highest BCUT2D eigenvalue weighted by molar-refractivity contribution is 8.45. The second kappa shape index (κ2) is 12.2. The van der Waals surface area contributed by atoms with E-state index in [-0.39, 0.29) is 61.4 Å². The number of aldehydes is 1. The number of halogens is 7. The summed E-state index contributed by atoms with van der Waals surface area (Å²) in [5.41, 5.74) is -0.601. The first-order valence-corrected chi connectivity index (χ1v) is 15.6. The number of carbonyl (C=O) groups excluding carboxylic acids is 2. The molecule has 1 aliphatic heterocycles. The average Bonchev–Trinajstić information content (AvgIpc) is 3.27. The van der Waals surface area contributed by atoms with Gasteiger partial charge in [0.25, 0.3) is 0 Å². The number of benzene rings is 1. The maximum atomic E-state index is 13.5. The molecule has 1 aromatic carbocycles. The summed E-state index contributed by atoms with van der Waals surface area (Å²) in [7, 11) is -7.13. The molecule has 17 heteroatoms. The Hall–Kier alpha value is -3.78. The number of β-amino-alcohol motifs (C(OH)–C–C–N with tert-alkyl or cyclic N) is 1. The van der Waals surface area contributed by atoms with Crippen LogP contribution in [0.15, 0.2) is 47.6 Å². The summed E-state index contributed by atoms with van der Waals surface area (Å²) in [6.07, 6.45) is 4.99. The SMILES string of the molecule is COc1ccncc1C(C(=O)NC1CCC(F)(F)CC1)N(C)c1ccc(S(F)(F)(F)(F)F)cc1.C[C@@]1(O)CC(C=O)N(C#N)C1. The Morgan fingerprint density at radius 3 is 2.29 bits per heavy atom. The number of alkyl halides is 2. The fourth-order valence-electron chi connectivity index (χ4n) is 5.20. The largest absolute Gasteiger partial charge is 0.496 e. The molecule has 9 nitrogen and oxygen atoms in total. The number of likely N-dealkylation sites (N-methyl/N-ethyl adjacent to an activating group) is 1. The van der Waals surface area contributed by atoms with Gasteiger partial charge in [-0.3, -0.25) is 14.7 Å². The number of pyridine rings is 1. The number of methoxy groups -OCH3 is 1. The number of hydrogen-bond donors (Lipinski definition) is 2. The van der Waals surface area contributed by atoms with Crippen LogP contribution in [0.5, 0.6) is 5.75 Å². The van der Waals surface area contributed by atoms with Crippen molar-refractivity contribution in [1.82, 2.24) is 15.2 Å². The van der Waals surface area contributed by atoms with E-state index in [0.717, 1.165) is 12.1 Å². The number of nitrogens with one attached hydrogen (secondary N) is 1. The zero-order chi connectivity index (χ0) is 33.9. The van der Waals surface area contributed by atoms with E-state index in [4.69, 9.17) is 10.00 Å². The number of amides is 1. The summed E-state index contributed by atoms with van der Waals surface area (Å²) in [6.45, 7) is 1.88. The molecule has 0 radical (unpaired) electrons. The molecular weight excluding hydrogens is 635 g/mol. The van der Waals surface area contributed by atoms with Crippen LogP contribution < -0.4 is 15.0 Å². The van der Waals surface area contributed by atoms with Crippen LogP contribution in [-0.4, -0.2) is 71.5 Å². The molecule has 2 unspecified atom stereocenters. The standard InChI is InChI=1S/C21H24F7N3O2S.C7H10N2O2/c1-31(15-3-5-16(6-4-15)34(24,25,26,27)28)19(17-13-29-12-9-18(17)33-2)20(32)30-14-7-10-21(22,23)11-8-14;1-7(11)2-6(3-10)9(4-7)5-8/h3-6,9,12-14,19H,7-8,10-11H2,1-2H3,(H,30,32);3,6,11H,2,4H2,1H3/t;6?,7-/m.1/s1. The Morgan fingerprint density at radius 2 is 1.80 bits per heavy atom. The lowest BCUT2D eigenvalue weighted by atomic mass is 9.91. The van der Waals surface area contributed by atoms with E-state index in [0.29, 0.717) is 12.7 Å². The second-order valence-electron chi connectivity index (χ2n) is 11.4. The minimum absolute atomic E-state index is 0.0341. The smallest absolute Gasteiger partial charge is 0.310 e. The molecule has 1 saturated heterocycles. The molecule has 1 aromatic heterocycles. The molecule has 2 fully saturated rings. The van der Waals surface area contributed by atoms with Gasteiger partial charge in [-0.25, -0.2) is 8.78 Å². The third kappa shape index (κ3) is 9.36. The van der Waals surface area contributed by atoms with Crippen molar-refractivity contribution in [1.29, 1.82) is 5.26 Å². The van der Waals surface area contributed by atoms with Gasteiger partial charge in [-0.05, 0) is 50.1 Å². The number of nitrogens with zero attached hydrogens (tertiary/aromatic N) is 4. The van der Waals surface area contributed by atoms with Gasteiger partial charge in [0.15, 0.2) is 6.19 Å². The lowest BCUT2D eigenvalue weighted by molar-refractivity contribution is -0.124. The molecule has 0 bridgehead atoms. The third-order valence-corrected chi connectivity index (χ3v) is 8.72. The van der Waals surface area contributed by atoms with Crippen molar-refractivity contribution in [3.8, 4) is 11.9 Å². The highest BCUT2D eigenvalue weighted by atomic mass is 32.5. The number of aromatic nitrogens is 1. The molecule has 1 amide bonds. The molecule has 0 spiro atoms. The van der Waals surface area contributed by atoms with E-state index < -0.39 is 50.7 Å². The van der Waals surface area contributed by atoms with Gasteiger partial charge < -0.3 is 24.9 Å². The zero-order valence-corrected chi connectivity index (χ0v) is 25.4. The zero-order valence-electron chi connectivity index (χ0n) is 24.6. The quantitative estimate of drug-likeness (QED) is 0.196. The fraction of sp³-hybridized carbons (Fsp3) is 0.500. The number of anilines is 1. The summed E-state index contributed by atoms with van der Waals surface area (Å²) in [6, 6.07) is 1.49. The number of rotatable bonds is 8. The van der Waals surface area contributed by atoms with Gasteiger partial charge in [0.1, 0.15) is 23.0 Å². The van der Waals surface area contributed by atoms with Gasteiger partial charge in [-0.1, -0.05) is 19.4 Å². The third-order valence-electron chi connectivity index (χ3n) is 7.56. The molecule has 2 aromatic rings. The van der Waals surface area contributed by atoms with Gasteiger partial charge in [-0.15, -0.1) is 0 Å². The number of nitriles is 1. The maximum absolute atomic E-state index is 13.5. The van der Waals surface area contributed by atoms with Crippen LogP contribution in [0, 0.1) is 11.5 Å². The highest BCUT2D eigenvalue weighted by Crippen LogP contribution is 3.02. The molecule has 45 heavy (non-hydrogen) atoms. The van der Waals surface area contributed by atoms with E-state index in [1.165, 1.54) is 42.4 Å². The van der Waals surface area contributed by atoms with E-state index in [1.807, 2.05) is 6.19 Å². The predicted octanol–water partition coefficient (Wildman–Crippen LogP) is 6.11. The van der Waals surface area contributed by atoms with E-state index >= 15 is 0 Å². The minimum Gasteiger partial charge on any atom is -0.496 e. The van der Waals surface area contributed by atoms with E-state index in [1.54, 1.807) is 6.92 Å². The molecule has 2 N–H and O–H groups in total. The first-order chi connectivity index (χ1) is 20.6. The molecule has 2 heterocycles. The molecule has 250 valence electrons. The Kier molecular flexibility index (Phi) is 9.68. The van der Waals surface area contributed by atoms with Crippen LogP contribution in [0.3, 0.4) is 0 Å². The Labute approximate surface area is 255 Å². The molecular formula is C28H34F7N5O4S. The lowest BCUT2D eigenvalue weighted by Crippen LogP contribution is -2.46. The topological polar surface area (TPSA) is 119 Å². The van der Waals surface area contributed by atoms with Gasteiger partial charge in [-0.2, -0.15) is 5.26 Å². The second-order valence-corrected chi connectivity index (χ2v) is 13.8. The van der Waals surface area contributed by atoms with Crippen molar-refractivity contribution in [2.75, 3.05) is 25.6 Å². The Morgan fingerprint density at radius 1 is 1.20 bits per heavy atom. The molecule has 4 rings (SSSR count). The van der Waals surface area contributed by atoms with Crippen molar-refractivity contribution in [2.45, 2.75) is 73.6 Å². The van der Waals surface area contributed by atoms with Gasteiger partial charge in [0, 0.05) is 56.0 Å². The Bertz CT molecular complexity index is 1410. The summed E-state index contributed by atoms with van der Waals surface area (Å²) in [4.78, 5) is 28.1. The first kappa shape index (κ1) is 35.7. The molecule has 1 saturated carbocycles. The number of aliphatic hydroxyl groups is 1. The van der Waals surface area contributed by atoms with Crippen LogP contribution in [-0.2, 0) is 9.59 Å². The fourth-order valence-corrected chi connectivity index (χ4v) is 5.85. The normalized spacial score (nSPS) is 23.7. The highest BCUT2D eigenvalue weighted by Gasteiger charge is 2.65. The van der Waals surface area contributed by atoms with Crippen molar-refractivity contribution < 1.29 is 47.6 Å². The van der Waals surface area contributed by atoms with Crippen LogP contribution in [0.2, 0.25) is 0 Å². The minimum atomic E-state index is -9.86. The summed E-state index contributed by atoms with van der Waals surface area (Å²) in [5, 5.41) is 20.7.